The van der Waals surface area contributed by atoms with Crippen molar-refractivity contribution in [1.82, 2.24) is 4.90 Å². The molecule has 1 aliphatic heterocycles. The lowest BCUT2D eigenvalue weighted by Crippen LogP contribution is -2.41. The maximum Gasteiger partial charge on any atom is 0.0473 e. The molecule has 112 valence electrons. The van der Waals surface area contributed by atoms with E-state index in [1.165, 1.54) is 37.1 Å². The van der Waals surface area contributed by atoms with Crippen molar-refractivity contribution in [3.05, 3.63) is 35.4 Å². The zero-order chi connectivity index (χ0) is 14.5. The van der Waals surface area contributed by atoms with Gasteiger partial charge in [0.25, 0.3) is 0 Å². The van der Waals surface area contributed by atoms with E-state index in [1.54, 1.807) is 0 Å². The van der Waals surface area contributed by atoms with Gasteiger partial charge in [0.05, 0.1) is 0 Å². The van der Waals surface area contributed by atoms with Crippen LogP contribution in [-0.4, -0.2) is 24.5 Å². The van der Waals surface area contributed by atoms with Crippen LogP contribution in [0.15, 0.2) is 24.3 Å². The van der Waals surface area contributed by atoms with Gasteiger partial charge in [-0.3, -0.25) is 4.90 Å². The van der Waals surface area contributed by atoms with Crippen LogP contribution in [0.25, 0.3) is 0 Å². The Bertz CT molecular complexity index is 406. The summed E-state index contributed by atoms with van der Waals surface area (Å²) in [5.41, 5.74) is 9.01. The van der Waals surface area contributed by atoms with Gasteiger partial charge in [-0.2, -0.15) is 0 Å². The first kappa shape index (κ1) is 15.5. The van der Waals surface area contributed by atoms with Crippen molar-refractivity contribution in [3.63, 3.8) is 0 Å². The maximum atomic E-state index is 6.11. The number of nitrogens with two attached hydrogens (primary N) is 1. The predicted molar refractivity (Wildman–Crippen MR) is 86.8 cm³/mol. The Morgan fingerprint density at radius 3 is 2.40 bits per heavy atom. The summed E-state index contributed by atoms with van der Waals surface area (Å²) in [6.45, 7) is 10.1. The summed E-state index contributed by atoms with van der Waals surface area (Å²) in [7, 11) is 0. The van der Waals surface area contributed by atoms with Gasteiger partial charge in [-0.15, -0.1) is 0 Å². The highest BCUT2D eigenvalue weighted by Gasteiger charge is 2.27. The second kappa shape index (κ2) is 7.24. The zero-order valence-corrected chi connectivity index (χ0v) is 13.3. The molecule has 0 bridgehead atoms. The van der Waals surface area contributed by atoms with Gasteiger partial charge in [0.2, 0.25) is 0 Å². The molecule has 1 saturated heterocycles. The van der Waals surface area contributed by atoms with Crippen LogP contribution in [0, 0.1) is 11.8 Å². The molecule has 2 rings (SSSR count). The maximum absolute atomic E-state index is 6.11. The molecule has 1 aromatic carbocycles. The van der Waals surface area contributed by atoms with Crippen molar-refractivity contribution in [1.29, 1.82) is 0 Å². The van der Waals surface area contributed by atoms with Gasteiger partial charge in [0.1, 0.15) is 0 Å². The van der Waals surface area contributed by atoms with Crippen molar-refractivity contribution < 1.29 is 0 Å². The van der Waals surface area contributed by atoms with Crippen molar-refractivity contribution in [3.8, 4) is 0 Å². The molecule has 0 radical (unpaired) electrons. The molecule has 1 heterocycles. The van der Waals surface area contributed by atoms with E-state index < -0.39 is 0 Å². The minimum absolute atomic E-state index is 0.402. The van der Waals surface area contributed by atoms with Crippen LogP contribution < -0.4 is 5.73 Å². The molecular formula is C18H30N2. The topological polar surface area (TPSA) is 29.3 Å². The van der Waals surface area contributed by atoms with E-state index >= 15 is 0 Å². The summed E-state index contributed by atoms with van der Waals surface area (Å²) in [5.74, 6) is 1.71. The molecule has 2 N–H and O–H groups in total. The van der Waals surface area contributed by atoms with Crippen LogP contribution in [0.1, 0.15) is 50.8 Å². The van der Waals surface area contributed by atoms with Gasteiger partial charge in [0, 0.05) is 12.6 Å². The van der Waals surface area contributed by atoms with Crippen LogP contribution in [0.5, 0.6) is 0 Å². The predicted octanol–water partition coefficient (Wildman–Crippen LogP) is 3.62. The fraction of sp³-hybridized carbons (Fsp3) is 0.667. The first-order valence-corrected chi connectivity index (χ1v) is 8.19. The first-order chi connectivity index (χ1) is 9.67. The van der Waals surface area contributed by atoms with E-state index in [1.807, 2.05) is 0 Å². The molecule has 20 heavy (non-hydrogen) atoms. The second-order valence-corrected chi connectivity index (χ2v) is 6.42. The van der Waals surface area contributed by atoms with E-state index in [9.17, 15) is 0 Å². The van der Waals surface area contributed by atoms with E-state index in [0.717, 1.165) is 24.8 Å². The van der Waals surface area contributed by atoms with Gasteiger partial charge >= 0.3 is 0 Å². The molecule has 1 fully saturated rings. The number of benzene rings is 1. The normalized spacial score (nSPS) is 19.4. The van der Waals surface area contributed by atoms with E-state index in [0.29, 0.717) is 6.04 Å². The monoisotopic (exact) mass is 274 g/mol. The smallest absolute Gasteiger partial charge is 0.0473 e. The highest BCUT2D eigenvalue weighted by molar-refractivity contribution is 5.30. The summed E-state index contributed by atoms with van der Waals surface area (Å²) in [5, 5.41) is 0. The molecule has 0 aliphatic carbocycles. The van der Waals surface area contributed by atoms with Crippen LogP contribution in [0.3, 0.4) is 0 Å². The second-order valence-electron chi connectivity index (χ2n) is 6.42. The largest absolute Gasteiger partial charge is 0.329 e. The third kappa shape index (κ3) is 3.42. The van der Waals surface area contributed by atoms with Gasteiger partial charge < -0.3 is 5.73 Å². The third-order valence-corrected chi connectivity index (χ3v) is 4.98. The molecule has 2 heteroatoms. The number of aryl methyl sites for hydroxylation is 1. The summed E-state index contributed by atoms with van der Waals surface area (Å²) in [4.78, 5) is 2.60. The Morgan fingerprint density at radius 1 is 1.20 bits per heavy atom. The van der Waals surface area contributed by atoms with Gasteiger partial charge in [-0.05, 0) is 55.3 Å². The lowest BCUT2D eigenvalue weighted by Gasteiger charge is -2.39. The van der Waals surface area contributed by atoms with Crippen molar-refractivity contribution >= 4 is 0 Å². The van der Waals surface area contributed by atoms with Gasteiger partial charge in [0.15, 0.2) is 0 Å². The molecule has 0 spiro atoms. The molecule has 1 aromatic rings. The number of likely N-dealkylation sites (tertiary alicyclic amines) is 1. The van der Waals surface area contributed by atoms with E-state index in [-0.39, 0.29) is 0 Å². The van der Waals surface area contributed by atoms with Gasteiger partial charge in [-0.1, -0.05) is 45.0 Å². The number of piperidine rings is 1. The quantitative estimate of drug-likeness (QED) is 0.888. The third-order valence-electron chi connectivity index (χ3n) is 4.98. The minimum Gasteiger partial charge on any atom is -0.329 e. The highest BCUT2D eigenvalue weighted by atomic mass is 15.2. The van der Waals surface area contributed by atoms with Crippen LogP contribution >= 0.6 is 0 Å². The average molecular weight is 274 g/mol. The van der Waals surface area contributed by atoms with Crippen molar-refractivity contribution in [2.45, 2.75) is 46.1 Å². The van der Waals surface area contributed by atoms with Gasteiger partial charge in [-0.25, -0.2) is 0 Å². The Labute approximate surface area is 124 Å². The Morgan fingerprint density at radius 2 is 1.85 bits per heavy atom. The van der Waals surface area contributed by atoms with Crippen LogP contribution in [-0.2, 0) is 6.42 Å². The summed E-state index contributed by atoms with van der Waals surface area (Å²) < 4.78 is 0. The average Bonchev–Trinajstić information content (AvgIpc) is 2.49. The molecule has 1 unspecified atom stereocenters. The number of hydrogen-bond acceptors (Lipinski definition) is 2. The fourth-order valence-corrected chi connectivity index (χ4v) is 3.55. The van der Waals surface area contributed by atoms with Crippen LogP contribution in [0.2, 0.25) is 0 Å². The summed E-state index contributed by atoms with van der Waals surface area (Å²) in [6, 6.07) is 9.21. The van der Waals surface area contributed by atoms with Crippen molar-refractivity contribution in [2.24, 2.45) is 17.6 Å². The Kier molecular flexibility index (Phi) is 5.62. The molecule has 0 amide bonds. The molecule has 0 aromatic heterocycles. The minimum atomic E-state index is 0.402. The Balaban J connectivity index is 2.09. The fourth-order valence-electron chi connectivity index (χ4n) is 3.55. The standard InChI is InChI=1S/C18H30N2/c1-4-15-7-5-6-8-17(15)18(13-19)20-11-9-16(10-12-20)14(2)3/h5-8,14,16,18H,4,9-13,19H2,1-3H3. The summed E-state index contributed by atoms with van der Waals surface area (Å²) >= 11 is 0. The molecule has 1 aliphatic rings. The first-order valence-electron chi connectivity index (χ1n) is 8.19. The number of hydrogen-bond donors (Lipinski definition) is 1. The molecular weight excluding hydrogens is 244 g/mol. The number of rotatable bonds is 5. The summed E-state index contributed by atoms with van der Waals surface area (Å²) in [6.07, 6.45) is 3.74. The van der Waals surface area contributed by atoms with Crippen molar-refractivity contribution in [2.75, 3.05) is 19.6 Å². The van der Waals surface area contributed by atoms with Crippen LogP contribution in [0.4, 0.5) is 0 Å². The zero-order valence-electron chi connectivity index (χ0n) is 13.3. The highest BCUT2D eigenvalue weighted by Crippen LogP contribution is 2.31. The number of nitrogens with zero attached hydrogens (tertiary/aromatic N) is 1. The Hall–Kier alpha value is -0.860. The molecule has 1 atom stereocenters. The molecule has 0 saturated carbocycles. The van der Waals surface area contributed by atoms with E-state index in [2.05, 4.69) is 49.9 Å². The van der Waals surface area contributed by atoms with E-state index in [4.69, 9.17) is 5.73 Å². The SMILES string of the molecule is CCc1ccccc1C(CN)N1CCC(C(C)C)CC1. The lowest BCUT2D eigenvalue weighted by molar-refractivity contribution is 0.117. The lowest BCUT2D eigenvalue weighted by atomic mass is 9.85. The molecule has 2 nitrogen and oxygen atoms in total.